The van der Waals surface area contributed by atoms with E-state index < -0.39 is 0 Å². The highest BCUT2D eigenvalue weighted by molar-refractivity contribution is 5.97. The second kappa shape index (κ2) is 11.3. The molecule has 36 heavy (non-hydrogen) atoms. The lowest BCUT2D eigenvalue weighted by Crippen LogP contribution is -2.50. The minimum absolute atomic E-state index is 0.0110. The van der Waals surface area contributed by atoms with Crippen LogP contribution in [0.3, 0.4) is 0 Å². The number of amides is 1. The molecule has 1 amide bonds. The maximum Gasteiger partial charge on any atom is 0.261 e. The summed E-state index contributed by atoms with van der Waals surface area (Å²) >= 11 is 0. The number of nitriles is 1. The first kappa shape index (κ1) is 24.7. The van der Waals surface area contributed by atoms with Crippen molar-refractivity contribution in [2.45, 2.75) is 24.9 Å². The predicted molar refractivity (Wildman–Crippen MR) is 139 cm³/mol. The Morgan fingerprint density at radius 3 is 2.47 bits per heavy atom. The first-order valence-corrected chi connectivity index (χ1v) is 11.7. The number of carbonyl (C=O) groups is 1. The van der Waals surface area contributed by atoms with E-state index in [4.69, 9.17) is 10.5 Å². The first-order chi connectivity index (χ1) is 17.4. The zero-order valence-electron chi connectivity index (χ0n) is 20.3. The highest BCUT2D eigenvalue weighted by Crippen LogP contribution is 2.34. The van der Waals surface area contributed by atoms with Gasteiger partial charge < -0.3 is 26.0 Å². The topological polar surface area (TPSA) is 129 Å². The molecule has 9 heteroatoms. The van der Waals surface area contributed by atoms with Gasteiger partial charge in [-0.05, 0) is 62.8 Å². The normalized spacial score (nSPS) is 17.1. The van der Waals surface area contributed by atoms with Crippen molar-refractivity contribution >= 4 is 17.5 Å². The fraction of sp³-hybridized carbons (Fsp3) is 0.259. The number of hydrogen-bond acceptors (Lipinski definition) is 8. The zero-order chi connectivity index (χ0) is 25.5. The van der Waals surface area contributed by atoms with Gasteiger partial charge in [0.05, 0.1) is 5.56 Å². The van der Waals surface area contributed by atoms with Crippen LogP contribution < -0.4 is 21.1 Å². The van der Waals surface area contributed by atoms with E-state index in [-0.39, 0.29) is 23.6 Å². The van der Waals surface area contributed by atoms with E-state index in [1.165, 1.54) is 6.33 Å². The van der Waals surface area contributed by atoms with E-state index in [1.54, 1.807) is 6.08 Å². The Labute approximate surface area is 210 Å². The highest BCUT2D eigenvalue weighted by atomic mass is 16.5. The summed E-state index contributed by atoms with van der Waals surface area (Å²) in [5.74, 6) is 2.14. The van der Waals surface area contributed by atoms with Gasteiger partial charge in [-0.3, -0.25) is 4.79 Å². The molecular weight excluding hydrogens is 454 g/mol. The van der Waals surface area contributed by atoms with E-state index in [2.05, 4.69) is 20.6 Å². The lowest BCUT2D eigenvalue weighted by atomic mass is 9.86. The molecule has 0 spiro atoms. The van der Waals surface area contributed by atoms with Crippen molar-refractivity contribution in [3.8, 4) is 28.7 Å². The molecule has 1 aromatic heterocycles. The van der Waals surface area contributed by atoms with Gasteiger partial charge in [-0.25, -0.2) is 9.97 Å². The number of likely N-dealkylation sites (N-methyl/N-ethyl adjacent to an activating group) is 1. The molecule has 1 fully saturated rings. The number of hydrogen-bond donors (Lipinski definition) is 3. The minimum atomic E-state index is -0.340. The Bertz CT molecular complexity index is 1260. The SMILES string of the molecule is CN(C)C/C=C(\C#N)C(=O)NC1CC(Nc2ncnc(N)c2-c2ccc(Oc3ccccc3)cc2)C1. The van der Waals surface area contributed by atoms with Gasteiger partial charge in [0.25, 0.3) is 5.91 Å². The summed E-state index contributed by atoms with van der Waals surface area (Å²) in [6, 6.07) is 19.3. The Balaban J connectivity index is 1.38. The summed E-state index contributed by atoms with van der Waals surface area (Å²) in [5.41, 5.74) is 7.94. The number of nitrogen functional groups attached to an aromatic ring is 1. The molecule has 0 aliphatic heterocycles. The van der Waals surface area contributed by atoms with Gasteiger partial charge in [0.15, 0.2) is 0 Å². The average Bonchev–Trinajstić information content (AvgIpc) is 2.84. The maximum atomic E-state index is 12.4. The molecule has 0 radical (unpaired) electrons. The number of nitrogens with two attached hydrogens (primary N) is 1. The van der Waals surface area contributed by atoms with E-state index >= 15 is 0 Å². The third-order valence-electron chi connectivity index (χ3n) is 5.84. The van der Waals surface area contributed by atoms with E-state index in [9.17, 15) is 10.1 Å². The average molecular weight is 484 g/mol. The molecule has 0 bridgehead atoms. The molecule has 9 nitrogen and oxygen atoms in total. The van der Waals surface area contributed by atoms with Crippen LogP contribution in [0.1, 0.15) is 12.8 Å². The second-order valence-electron chi connectivity index (χ2n) is 8.90. The molecule has 0 unspecified atom stereocenters. The van der Waals surface area contributed by atoms with Crippen molar-refractivity contribution in [2.75, 3.05) is 31.7 Å². The van der Waals surface area contributed by atoms with Crippen molar-refractivity contribution in [3.05, 3.63) is 72.6 Å². The molecule has 0 atom stereocenters. The van der Waals surface area contributed by atoms with Crippen LogP contribution in [0, 0.1) is 11.3 Å². The van der Waals surface area contributed by atoms with Crippen molar-refractivity contribution in [2.24, 2.45) is 0 Å². The van der Waals surface area contributed by atoms with Crippen molar-refractivity contribution < 1.29 is 9.53 Å². The van der Waals surface area contributed by atoms with Crippen LogP contribution in [0.2, 0.25) is 0 Å². The number of carbonyl (C=O) groups excluding carboxylic acids is 1. The number of ether oxygens (including phenoxy) is 1. The molecule has 1 aliphatic rings. The molecule has 1 aliphatic carbocycles. The van der Waals surface area contributed by atoms with Gasteiger partial charge in [-0.2, -0.15) is 5.26 Å². The second-order valence-corrected chi connectivity index (χ2v) is 8.90. The summed E-state index contributed by atoms with van der Waals surface area (Å²) in [4.78, 5) is 22.9. The number of anilines is 2. The molecular formula is C27H29N7O2. The Morgan fingerprint density at radius 2 is 1.81 bits per heavy atom. The molecule has 4 rings (SSSR count). The third kappa shape index (κ3) is 6.17. The maximum absolute atomic E-state index is 12.4. The number of nitrogens with one attached hydrogen (secondary N) is 2. The van der Waals surface area contributed by atoms with Crippen LogP contribution >= 0.6 is 0 Å². The standard InChI is InChI=1S/C27H29N7O2/c1-34(2)13-12-19(16-28)27(35)33-21-14-20(15-21)32-26-24(25(29)30-17-31-26)18-8-10-23(11-9-18)36-22-6-4-3-5-7-22/h3-12,17,20-21H,13-15H2,1-2H3,(H,33,35)(H3,29,30,31,32)/b19-12+. The smallest absolute Gasteiger partial charge is 0.261 e. The van der Waals surface area contributed by atoms with Crippen molar-refractivity contribution in [3.63, 3.8) is 0 Å². The van der Waals surface area contributed by atoms with Gasteiger partial charge >= 0.3 is 0 Å². The van der Waals surface area contributed by atoms with Crippen LogP contribution in [-0.4, -0.2) is 53.5 Å². The Hall–Kier alpha value is -4.42. The molecule has 1 heterocycles. The monoisotopic (exact) mass is 483 g/mol. The fourth-order valence-corrected chi connectivity index (χ4v) is 3.88. The number of para-hydroxylation sites is 1. The fourth-order valence-electron chi connectivity index (χ4n) is 3.88. The lowest BCUT2D eigenvalue weighted by molar-refractivity contribution is -0.118. The van der Waals surface area contributed by atoms with Crippen LogP contribution in [-0.2, 0) is 4.79 Å². The summed E-state index contributed by atoms with van der Waals surface area (Å²) in [6.45, 7) is 0.530. The molecule has 1 saturated carbocycles. The van der Waals surface area contributed by atoms with E-state index in [1.807, 2.05) is 79.7 Å². The molecule has 3 aromatic rings. The Morgan fingerprint density at radius 1 is 1.11 bits per heavy atom. The quantitative estimate of drug-likeness (QED) is 0.311. The summed E-state index contributed by atoms with van der Waals surface area (Å²) < 4.78 is 5.88. The van der Waals surface area contributed by atoms with Gasteiger partial charge in [-0.1, -0.05) is 30.3 Å². The Kier molecular flexibility index (Phi) is 7.78. The summed E-state index contributed by atoms with van der Waals surface area (Å²) in [5, 5.41) is 15.6. The van der Waals surface area contributed by atoms with E-state index in [0.29, 0.717) is 36.8 Å². The van der Waals surface area contributed by atoms with Crippen LogP contribution in [0.4, 0.5) is 11.6 Å². The predicted octanol–water partition coefficient (Wildman–Crippen LogP) is 3.59. The number of benzene rings is 2. The molecule has 184 valence electrons. The van der Waals surface area contributed by atoms with Crippen molar-refractivity contribution in [1.82, 2.24) is 20.2 Å². The first-order valence-electron chi connectivity index (χ1n) is 11.7. The van der Waals surface area contributed by atoms with Crippen LogP contribution in [0.25, 0.3) is 11.1 Å². The number of nitrogens with zero attached hydrogens (tertiary/aromatic N) is 4. The summed E-state index contributed by atoms with van der Waals surface area (Å²) in [6.07, 6.45) is 4.49. The number of aromatic nitrogens is 2. The third-order valence-corrected chi connectivity index (χ3v) is 5.84. The van der Waals surface area contributed by atoms with Gasteiger partial charge in [0.2, 0.25) is 0 Å². The minimum Gasteiger partial charge on any atom is -0.457 e. The zero-order valence-corrected chi connectivity index (χ0v) is 20.3. The largest absolute Gasteiger partial charge is 0.457 e. The summed E-state index contributed by atoms with van der Waals surface area (Å²) in [7, 11) is 3.76. The van der Waals surface area contributed by atoms with Crippen LogP contribution in [0.15, 0.2) is 72.6 Å². The van der Waals surface area contributed by atoms with Gasteiger partial charge in [0.1, 0.15) is 41.1 Å². The van der Waals surface area contributed by atoms with Gasteiger partial charge in [-0.15, -0.1) is 0 Å². The molecule has 4 N–H and O–H groups in total. The molecule has 2 aromatic carbocycles. The molecule has 0 saturated heterocycles. The van der Waals surface area contributed by atoms with Crippen LogP contribution in [0.5, 0.6) is 11.5 Å². The number of rotatable bonds is 9. The highest BCUT2D eigenvalue weighted by Gasteiger charge is 2.32. The van der Waals surface area contributed by atoms with E-state index in [0.717, 1.165) is 16.9 Å². The van der Waals surface area contributed by atoms with Crippen molar-refractivity contribution in [1.29, 1.82) is 5.26 Å². The van der Waals surface area contributed by atoms with Gasteiger partial charge in [0, 0.05) is 18.6 Å². The lowest BCUT2D eigenvalue weighted by Gasteiger charge is -2.37.